The van der Waals surface area contributed by atoms with Crippen molar-refractivity contribution < 1.29 is 9.53 Å². The van der Waals surface area contributed by atoms with Crippen LogP contribution in [0.5, 0.6) is 5.75 Å². The van der Waals surface area contributed by atoms with Crippen LogP contribution >= 0.6 is 11.6 Å². The van der Waals surface area contributed by atoms with Crippen molar-refractivity contribution >= 4 is 34.7 Å². The smallest absolute Gasteiger partial charge is 0.274 e. The summed E-state index contributed by atoms with van der Waals surface area (Å²) in [6, 6.07) is 14.4. The summed E-state index contributed by atoms with van der Waals surface area (Å²) in [5.74, 6) is 0.713. The largest absolute Gasteiger partial charge is 0.495 e. The Labute approximate surface area is 156 Å². The van der Waals surface area contributed by atoms with Crippen molar-refractivity contribution in [1.29, 1.82) is 0 Å². The molecule has 0 aliphatic heterocycles. The van der Waals surface area contributed by atoms with Gasteiger partial charge in [0.25, 0.3) is 5.91 Å². The number of para-hydroxylation sites is 1. The predicted octanol–water partition coefficient (Wildman–Crippen LogP) is 4.44. The molecule has 2 N–H and O–H groups in total. The molecule has 0 saturated heterocycles. The van der Waals surface area contributed by atoms with E-state index >= 15 is 0 Å². The number of benzene rings is 2. The van der Waals surface area contributed by atoms with E-state index in [1.165, 1.54) is 13.4 Å². The lowest BCUT2D eigenvalue weighted by atomic mass is 10.2. The van der Waals surface area contributed by atoms with Gasteiger partial charge in [0.05, 0.1) is 12.1 Å². The minimum absolute atomic E-state index is 0.239. The predicted molar refractivity (Wildman–Crippen MR) is 102 cm³/mol. The average molecular weight is 369 g/mol. The van der Waals surface area contributed by atoms with Crippen molar-refractivity contribution in [3.05, 3.63) is 71.1 Å². The zero-order valence-electron chi connectivity index (χ0n) is 14.3. The van der Waals surface area contributed by atoms with Gasteiger partial charge >= 0.3 is 0 Å². The third-order valence-corrected chi connectivity index (χ3v) is 4.01. The van der Waals surface area contributed by atoms with E-state index in [1.54, 1.807) is 24.3 Å². The number of ether oxygens (including phenoxy) is 1. The Balaban J connectivity index is 1.76. The van der Waals surface area contributed by atoms with Gasteiger partial charge < -0.3 is 15.4 Å². The Morgan fingerprint density at radius 1 is 1.12 bits per heavy atom. The van der Waals surface area contributed by atoms with Gasteiger partial charge in [0.1, 0.15) is 23.6 Å². The Hall–Kier alpha value is -3.12. The van der Waals surface area contributed by atoms with Gasteiger partial charge in [-0.3, -0.25) is 4.79 Å². The molecular formula is C19H17ClN4O2. The Morgan fingerprint density at radius 3 is 2.65 bits per heavy atom. The summed E-state index contributed by atoms with van der Waals surface area (Å²) in [4.78, 5) is 20.6. The third-order valence-electron chi connectivity index (χ3n) is 3.72. The van der Waals surface area contributed by atoms with Crippen molar-refractivity contribution in [3.63, 3.8) is 0 Å². The lowest BCUT2D eigenvalue weighted by Gasteiger charge is -2.10. The number of hydrogen-bond acceptors (Lipinski definition) is 5. The zero-order chi connectivity index (χ0) is 18.5. The number of carbonyl (C=O) groups is 1. The SMILES string of the molecule is COc1ccc(NC(=O)c2cc(Nc3ccccc3C)ncn2)cc1Cl. The second-order valence-corrected chi connectivity index (χ2v) is 5.94. The van der Waals surface area contributed by atoms with Crippen LogP contribution in [-0.4, -0.2) is 23.0 Å². The third kappa shape index (κ3) is 4.10. The topological polar surface area (TPSA) is 76.1 Å². The number of aromatic nitrogens is 2. The molecule has 0 fully saturated rings. The number of rotatable bonds is 5. The second kappa shape index (κ2) is 7.84. The van der Waals surface area contributed by atoms with E-state index < -0.39 is 0 Å². The molecule has 132 valence electrons. The molecule has 0 aliphatic carbocycles. The standard InChI is InChI=1S/C19H17ClN4O2/c1-12-5-3-4-6-15(12)24-18-10-16(21-11-22-18)19(25)23-13-7-8-17(26-2)14(20)9-13/h3-11H,1-2H3,(H,23,25)(H,21,22,24). The van der Waals surface area contributed by atoms with Gasteiger partial charge in [0.2, 0.25) is 0 Å². The van der Waals surface area contributed by atoms with E-state index in [4.69, 9.17) is 16.3 Å². The summed E-state index contributed by atoms with van der Waals surface area (Å²) in [6.07, 6.45) is 1.34. The molecule has 1 heterocycles. The minimum atomic E-state index is -0.360. The van der Waals surface area contributed by atoms with Crippen LogP contribution < -0.4 is 15.4 Å². The highest BCUT2D eigenvalue weighted by atomic mass is 35.5. The molecular weight excluding hydrogens is 352 g/mol. The van der Waals surface area contributed by atoms with Crippen molar-refractivity contribution in [1.82, 2.24) is 9.97 Å². The van der Waals surface area contributed by atoms with Crippen LogP contribution in [0.1, 0.15) is 16.1 Å². The lowest BCUT2D eigenvalue weighted by molar-refractivity contribution is 0.102. The van der Waals surface area contributed by atoms with E-state index in [0.29, 0.717) is 22.3 Å². The summed E-state index contributed by atoms with van der Waals surface area (Å²) in [5.41, 5.74) is 2.78. The normalized spacial score (nSPS) is 10.3. The van der Waals surface area contributed by atoms with E-state index in [2.05, 4.69) is 20.6 Å². The molecule has 0 bridgehead atoms. The molecule has 0 spiro atoms. The molecule has 0 aliphatic rings. The van der Waals surface area contributed by atoms with E-state index in [-0.39, 0.29) is 11.6 Å². The number of anilines is 3. The van der Waals surface area contributed by atoms with Crippen molar-refractivity contribution in [2.24, 2.45) is 0 Å². The Bertz CT molecular complexity index is 946. The second-order valence-electron chi connectivity index (χ2n) is 5.53. The number of methoxy groups -OCH3 is 1. The average Bonchev–Trinajstić information content (AvgIpc) is 2.64. The number of hydrogen-bond donors (Lipinski definition) is 2. The molecule has 3 rings (SSSR count). The minimum Gasteiger partial charge on any atom is -0.495 e. The number of aryl methyl sites for hydroxylation is 1. The summed E-state index contributed by atoms with van der Waals surface area (Å²) in [7, 11) is 1.53. The monoisotopic (exact) mass is 368 g/mol. The highest BCUT2D eigenvalue weighted by Gasteiger charge is 2.11. The van der Waals surface area contributed by atoms with E-state index in [1.807, 2.05) is 31.2 Å². The fourth-order valence-electron chi connectivity index (χ4n) is 2.34. The van der Waals surface area contributed by atoms with Crippen molar-refractivity contribution in [3.8, 4) is 5.75 Å². The molecule has 26 heavy (non-hydrogen) atoms. The highest BCUT2D eigenvalue weighted by Crippen LogP contribution is 2.27. The number of amides is 1. The number of nitrogens with one attached hydrogen (secondary N) is 2. The maximum atomic E-state index is 12.4. The zero-order valence-corrected chi connectivity index (χ0v) is 15.0. The van der Waals surface area contributed by atoms with Crippen LogP contribution in [0.2, 0.25) is 5.02 Å². The number of nitrogens with zero attached hydrogens (tertiary/aromatic N) is 2. The first kappa shape index (κ1) is 17.7. The Kier molecular flexibility index (Phi) is 5.34. The van der Waals surface area contributed by atoms with Gasteiger partial charge in [0.15, 0.2) is 0 Å². The quantitative estimate of drug-likeness (QED) is 0.696. The van der Waals surface area contributed by atoms with Gasteiger partial charge in [-0.15, -0.1) is 0 Å². The maximum absolute atomic E-state index is 12.4. The molecule has 1 amide bonds. The van der Waals surface area contributed by atoms with Crippen LogP contribution in [0, 0.1) is 6.92 Å². The van der Waals surface area contributed by atoms with E-state index in [0.717, 1.165) is 11.3 Å². The molecule has 0 radical (unpaired) electrons. The first-order valence-electron chi connectivity index (χ1n) is 7.86. The number of carbonyl (C=O) groups excluding carboxylic acids is 1. The highest BCUT2D eigenvalue weighted by molar-refractivity contribution is 6.32. The van der Waals surface area contributed by atoms with Crippen LogP contribution in [0.25, 0.3) is 0 Å². The molecule has 0 unspecified atom stereocenters. The fraction of sp³-hybridized carbons (Fsp3) is 0.105. The number of halogens is 1. The van der Waals surface area contributed by atoms with Crippen LogP contribution in [0.3, 0.4) is 0 Å². The van der Waals surface area contributed by atoms with Gasteiger partial charge in [-0.25, -0.2) is 9.97 Å². The van der Waals surface area contributed by atoms with Crippen molar-refractivity contribution in [2.45, 2.75) is 6.92 Å². The van der Waals surface area contributed by atoms with E-state index in [9.17, 15) is 4.79 Å². The molecule has 2 aromatic carbocycles. The molecule has 3 aromatic rings. The maximum Gasteiger partial charge on any atom is 0.274 e. The van der Waals surface area contributed by atoms with Crippen LogP contribution in [0.15, 0.2) is 54.9 Å². The van der Waals surface area contributed by atoms with Gasteiger partial charge in [0, 0.05) is 17.4 Å². The first-order valence-corrected chi connectivity index (χ1v) is 8.24. The molecule has 1 aromatic heterocycles. The lowest BCUT2D eigenvalue weighted by Crippen LogP contribution is -2.14. The van der Waals surface area contributed by atoms with Crippen LogP contribution in [0.4, 0.5) is 17.2 Å². The van der Waals surface area contributed by atoms with Gasteiger partial charge in [-0.1, -0.05) is 29.8 Å². The molecule has 0 atom stereocenters. The van der Waals surface area contributed by atoms with Gasteiger partial charge in [-0.05, 0) is 36.8 Å². The first-order chi connectivity index (χ1) is 12.6. The molecule has 7 heteroatoms. The fourth-order valence-corrected chi connectivity index (χ4v) is 2.60. The van der Waals surface area contributed by atoms with Gasteiger partial charge in [-0.2, -0.15) is 0 Å². The molecule has 0 saturated carbocycles. The summed E-state index contributed by atoms with van der Waals surface area (Å²) in [6.45, 7) is 1.99. The van der Waals surface area contributed by atoms with Crippen LogP contribution in [-0.2, 0) is 0 Å². The summed E-state index contributed by atoms with van der Waals surface area (Å²) >= 11 is 6.08. The van der Waals surface area contributed by atoms with Crippen molar-refractivity contribution in [2.75, 3.05) is 17.7 Å². The Morgan fingerprint density at radius 2 is 1.92 bits per heavy atom. The summed E-state index contributed by atoms with van der Waals surface area (Å²) in [5, 5.41) is 6.35. The molecule has 6 nitrogen and oxygen atoms in total. The summed E-state index contributed by atoms with van der Waals surface area (Å²) < 4.78 is 5.10.